The fourth-order valence-electron chi connectivity index (χ4n) is 2.58. The van der Waals surface area contributed by atoms with Gasteiger partial charge in [-0.15, -0.1) is 0 Å². The molecule has 0 aliphatic rings. The van der Waals surface area contributed by atoms with E-state index in [1.54, 1.807) is 36.4 Å². The van der Waals surface area contributed by atoms with E-state index in [9.17, 15) is 13.6 Å². The predicted molar refractivity (Wildman–Crippen MR) is 103 cm³/mol. The third-order valence-corrected chi connectivity index (χ3v) is 4.05. The Labute approximate surface area is 156 Å². The van der Waals surface area contributed by atoms with Crippen LogP contribution in [0.1, 0.15) is 21.5 Å². The van der Waals surface area contributed by atoms with Crippen molar-refractivity contribution in [1.82, 2.24) is 0 Å². The van der Waals surface area contributed by atoms with Crippen LogP contribution < -0.4 is 4.74 Å². The second-order valence-corrected chi connectivity index (χ2v) is 5.80. The minimum absolute atomic E-state index is 0.171. The molecule has 3 aromatic carbocycles. The van der Waals surface area contributed by atoms with E-state index < -0.39 is 11.8 Å². The van der Waals surface area contributed by atoms with Gasteiger partial charge < -0.3 is 4.74 Å². The molecule has 27 heavy (non-hydrogen) atoms. The molecule has 3 rings (SSSR count). The van der Waals surface area contributed by atoms with Crippen LogP contribution in [-0.2, 0) is 0 Å². The number of esters is 1. The molecule has 0 aliphatic heterocycles. The number of hydrogen-bond donors (Lipinski definition) is 0. The number of rotatable bonds is 5. The van der Waals surface area contributed by atoms with Crippen LogP contribution in [0.5, 0.6) is 5.75 Å². The van der Waals surface area contributed by atoms with Crippen molar-refractivity contribution in [2.24, 2.45) is 0 Å². The van der Waals surface area contributed by atoms with Gasteiger partial charge in [-0.3, -0.25) is 0 Å². The van der Waals surface area contributed by atoms with Gasteiger partial charge in [0, 0.05) is 5.56 Å². The topological polar surface area (TPSA) is 26.3 Å². The summed E-state index contributed by atoms with van der Waals surface area (Å²) in [4.78, 5) is 12.2. The quantitative estimate of drug-likeness (QED) is 0.403. The van der Waals surface area contributed by atoms with Crippen LogP contribution in [0.2, 0.25) is 0 Å². The lowest BCUT2D eigenvalue weighted by molar-refractivity contribution is 0.0730. The Morgan fingerprint density at radius 3 is 1.96 bits per heavy atom. The van der Waals surface area contributed by atoms with E-state index in [4.69, 9.17) is 4.74 Å². The molecule has 0 heterocycles. The Morgan fingerprint density at radius 2 is 1.41 bits per heavy atom. The molecule has 0 aromatic heterocycles. The Balaban J connectivity index is 1.79. The van der Waals surface area contributed by atoms with Gasteiger partial charge in [0.2, 0.25) is 0 Å². The molecule has 0 amide bonds. The fourth-order valence-corrected chi connectivity index (χ4v) is 2.58. The normalized spacial score (nSPS) is 10.3. The first kappa shape index (κ1) is 18.3. The predicted octanol–water partition coefficient (Wildman–Crippen LogP) is 6.14. The number of halogens is 2. The highest BCUT2D eigenvalue weighted by Gasteiger charge is 2.14. The van der Waals surface area contributed by atoms with Gasteiger partial charge in [0.05, 0.1) is 5.56 Å². The average molecular weight is 362 g/mol. The summed E-state index contributed by atoms with van der Waals surface area (Å²) in [6.45, 7) is 7.16. The molecule has 0 saturated carbocycles. The standard InChI is InChI=1S/C23H16F2O2/c1-3-15-5-11-19(21(24)13-15)17-7-9-18(10-8-17)27-23(26)20-12-6-16(4-2)14-22(20)25/h3-14H,1-2H2. The van der Waals surface area contributed by atoms with E-state index in [0.717, 1.165) is 0 Å². The molecule has 0 atom stereocenters. The molecule has 2 nitrogen and oxygen atoms in total. The summed E-state index contributed by atoms with van der Waals surface area (Å²) in [5, 5.41) is 0. The van der Waals surface area contributed by atoms with Crippen molar-refractivity contribution in [3.8, 4) is 16.9 Å². The molecule has 4 heteroatoms. The molecule has 0 spiro atoms. The lowest BCUT2D eigenvalue weighted by Crippen LogP contribution is -2.10. The highest BCUT2D eigenvalue weighted by molar-refractivity contribution is 5.91. The second-order valence-electron chi connectivity index (χ2n) is 5.80. The molecule has 134 valence electrons. The van der Waals surface area contributed by atoms with Gasteiger partial charge in [0.15, 0.2) is 0 Å². The Hall–Kier alpha value is -3.53. The number of benzene rings is 3. The second kappa shape index (κ2) is 7.79. The zero-order valence-electron chi connectivity index (χ0n) is 14.4. The molecule has 0 N–H and O–H groups in total. The number of carbonyl (C=O) groups is 1. The molecule has 0 fully saturated rings. The van der Waals surface area contributed by atoms with E-state index in [2.05, 4.69) is 13.2 Å². The van der Waals surface area contributed by atoms with Crippen LogP contribution >= 0.6 is 0 Å². The summed E-state index contributed by atoms with van der Waals surface area (Å²) >= 11 is 0. The van der Waals surface area contributed by atoms with Gasteiger partial charge in [0.25, 0.3) is 0 Å². The van der Waals surface area contributed by atoms with Crippen LogP contribution in [-0.4, -0.2) is 5.97 Å². The smallest absolute Gasteiger partial charge is 0.346 e. The van der Waals surface area contributed by atoms with E-state index in [1.165, 1.54) is 36.4 Å². The Morgan fingerprint density at radius 1 is 0.815 bits per heavy atom. The molecule has 0 unspecified atom stereocenters. The molecule has 3 aromatic rings. The van der Waals surface area contributed by atoms with Crippen molar-refractivity contribution >= 4 is 18.1 Å². The maximum atomic E-state index is 14.2. The zero-order chi connectivity index (χ0) is 19.4. The van der Waals surface area contributed by atoms with Gasteiger partial charge in [-0.05, 0) is 47.0 Å². The van der Waals surface area contributed by atoms with E-state index in [0.29, 0.717) is 22.3 Å². The zero-order valence-corrected chi connectivity index (χ0v) is 14.4. The van der Waals surface area contributed by atoms with Gasteiger partial charge in [-0.2, -0.15) is 0 Å². The highest BCUT2D eigenvalue weighted by Crippen LogP contribution is 2.26. The first-order valence-corrected chi connectivity index (χ1v) is 8.18. The summed E-state index contributed by atoms with van der Waals surface area (Å²) in [6.07, 6.45) is 3.05. The van der Waals surface area contributed by atoms with Crippen LogP contribution in [0.3, 0.4) is 0 Å². The Bertz CT molecular complexity index is 1020. The summed E-state index contributed by atoms with van der Waals surface area (Å²) in [5.74, 6) is -1.63. The van der Waals surface area contributed by atoms with Crippen LogP contribution in [0.15, 0.2) is 73.8 Å². The summed E-state index contributed by atoms with van der Waals surface area (Å²) in [6, 6.07) is 15.3. The summed E-state index contributed by atoms with van der Waals surface area (Å²) < 4.78 is 33.4. The minimum atomic E-state index is -0.808. The maximum Gasteiger partial charge on any atom is 0.346 e. The highest BCUT2D eigenvalue weighted by atomic mass is 19.1. The van der Waals surface area contributed by atoms with Crippen LogP contribution in [0.4, 0.5) is 8.78 Å². The minimum Gasteiger partial charge on any atom is -0.423 e. The lowest BCUT2D eigenvalue weighted by atomic mass is 10.0. The SMILES string of the molecule is C=Cc1ccc(C(=O)Oc2ccc(-c3ccc(C=C)cc3F)cc2)c(F)c1. The third-order valence-electron chi connectivity index (χ3n) is 4.05. The van der Waals surface area contributed by atoms with Gasteiger partial charge in [0.1, 0.15) is 17.4 Å². The molecule has 0 bridgehead atoms. The van der Waals surface area contributed by atoms with E-state index >= 15 is 0 Å². The molecule has 0 aliphatic carbocycles. The van der Waals surface area contributed by atoms with Crippen molar-refractivity contribution in [2.45, 2.75) is 0 Å². The molecule has 0 radical (unpaired) electrons. The van der Waals surface area contributed by atoms with Crippen LogP contribution in [0.25, 0.3) is 23.3 Å². The number of hydrogen-bond acceptors (Lipinski definition) is 2. The van der Waals surface area contributed by atoms with Crippen molar-refractivity contribution in [3.05, 3.63) is 102 Å². The van der Waals surface area contributed by atoms with Gasteiger partial charge in [-0.25, -0.2) is 13.6 Å². The van der Waals surface area contributed by atoms with Gasteiger partial charge in [-0.1, -0.05) is 55.6 Å². The summed E-state index contributed by atoms with van der Waals surface area (Å²) in [7, 11) is 0. The molecular weight excluding hydrogens is 346 g/mol. The monoisotopic (exact) mass is 362 g/mol. The first-order chi connectivity index (χ1) is 13.0. The first-order valence-electron chi connectivity index (χ1n) is 8.18. The van der Waals surface area contributed by atoms with E-state index in [-0.39, 0.29) is 17.1 Å². The number of carbonyl (C=O) groups excluding carboxylic acids is 1. The lowest BCUT2D eigenvalue weighted by Gasteiger charge is -2.08. The van der Waals surface area contributed by atoms with Gasteiger partial charge >= 0.3 is 5.97 Å². The third kappa shape index (κ3) is 4.01. The molecule has 0 saturated heterocycles. The van der Waals surface area contributed by atoms with E-state index in [1.807, 2.05) is 0 Å². The van der Waals surface area contributed by atoms with Crippen molar-refractivity contribution in [3.63, 3.8) is 0 Å². The van der Waals surface area contributed by atoms with Crippen molar-refractivity contribution < 1.29 is 18.3 Å². The van der Waals surface area contributed by atoms with Crippen molar-refractivity contribution in [2.75, 3.05) is 0 Å². The number of ether oxygens (including phenoxy) is 1. The summed E-state index contributed by atoms with van der Waals surface area (Å²) in [5.41, 5.74) is 2.13. The maximum absolute atomic E-state index is 14.2. The largest absolute Gasteiger partial charge is 0.423 e. The Kier molecular flexibility index (Phi) is 5.27. The van der Waals surface area contributed by atoms with Crippen LogP contribution in [0, 0.1) is 11.6 Å². The van der Waals surface area contributed by atoms with Crippen molar-refractivity contribution in [1.29, 1.82) is 0 Å². The fraction of sp³-hybridized carbons (Fsp3) is 0. The molecular formula is C23H16F2O2. The average Bonchev–Trinajstić information content (AvgIpc) is 2.68.